The van der Waals surface area contributed by atoms with Crippen LogP contribution in [0.25, 0.3) is 0 Å². The molecule has 0 saturated heterocycles. The number of thiol groups is 1. The van der Waals surface area contributed by atoms with Crippen LogP contribution in [0.3, 0.4) is 0 Å². The molecule has 1 rings (SSSR count). The highest BCUT2D eigenvalue weighted by molar-refractivity contribution is 9.10. The third kappa shape index (κ3) is 1.90. The van der Waals surface area contributed by atoms with Crippen molar-refractivity contribution in [1.29, 1.82) is 0 Å². The van der Waals surface area contributed by atoms with Gasteiger partial charge in [-0.05, 0) is 16.0 Å². The van der Waals surface area contributed by atoms with Gasteiger partial charge in [0, 0.05) is 22.0 Å². The Morgan fingerprint density at radius 2 is 2.27 bits per heavy atom. The first kappa shape index (κ1) is 8.48. The summed E-state index contributed by atoms with van der Waals surface area (Å²) >= 11 is 7.00. The Labute approximate surface area is 76.3 Å². The molecule has 0 N–H and O–H groups in total. The van der Waals surface area contributed by atoms with Crippen LogP contribution >= 0.6 is 28.6 Å². The first-order chi connectivity index (χ1) is 5.11. The Hall–Kier alpha value is -0.620. The molecule has 4 nitrogen and oxygen atoms in total. The van der Waals surface area contributed by atoms with Gasteiger partial charge in [0.25, 0.3) is 0 Å². The molecule has 0 aliphatic heterocycles. The maximum atomic E-state index is 10.2. The Kier molecular flexibility index (Phi) is 2.45. The quantitative estimate of drug-likeness (QED) is 0.350. The summed E-state index contributed by atoms with van der Waals surface area (Å²) in [6.45, 7) is 0. The molecular formula is C5H3BrN2O2S. The molecule has 0 aliphatic rings. The molecule has 0 amide bonds. The van der Waals surface area contributed by atoms with E-state index in [1.807, 2.05) is 0 Å². The maximum absolute atomic E-state index is 10.2. The highest BCUT2D eigenvalue weighted by atomic mass is 79.9. The summed E-state index contributed by atoms with van der Waals surface area (Å²) in [6.07, 6.45) is 0. The summed E-state index contributed by atoms with van der Waals surface area (Å²) in [4.78, 5) is 13.8. The second-order valence-corrected chi connectivity index (χ2v) is 2.97. The highest BCUT2D eigenvalue weighted by Crippen LogP contribution is 2.20. The van der Waals surface area contributed by atoms with E-state index in [1.54, 1.807) is 0 Å². The number of nitro groups is 1. The fourth-order valence-corrected chi connectivity index (χ4v) is 0.957. The van der Waals surface area contributed by atoms with E-state index < -0.39 is 4.92 Å². The van der Waals surface area contributed by atoms with Gasteiger partial charge in [0.05, 0.1) is 4.90 Å². The number of aromatic nitrogens is 1. The number of hydrogen-bond acceptors (Lipinski definition) is 4. The van der Waals surface area contributed by atoms with E-state index in [0.717, 1.165) is 0 Å². The molecule has 0 aromatic carbocycles. The van der Waals surface area contributed by atoms with Crippen molar-refractivity contribution in [2.45, 2.75) is 4.90 Å². The van der Waals surface area contributed by atoms with Crippen molar-refractivity contribution in [2.75, 3.05) is 0 Å². The lowest BCUT2D eigenvalue weighted by Crippen LogP contribution is -1.91. The predicted octanol–water partition coefficient (Wildman–Crippen LogP) is 2.04. The number of pyridine rings is 1. The van der Waals surface area contributed by atoms with Crippen molar-refractivity contribution in [3.05, 3.63) is 26.9 Å². The van der Waals surface area contributed by atoms with Crippen molar-refractivity contribution in [3.63, 3.8) is 0 Å². The largest absolute Gasteiger partial charge is 0.364 e. The van der Waals surface area contributed by atoms with Gasteiger partial charge >= 0.3 is 5.82 Å². The monoisotopic (exact) mass is 234 g/mol. The number of nitrogens with zero attached hydrogens (tertiary/aromatic N) is 2. The Bertz CT molecular complexity index is 305. The van der Waals surface area contributed by atoms with Crippen LogP contribution in [0.15, 0.2) is 21.6 Å². The summed E-state index contributed by atoms with van der Waals surface area (Å²) in [7, 11) is 0. The lowest BCUT2D eigenvalue weighted by atomic mass is 10.5. The Morgan fingerprint density at radius 3 is 2.73 bits per heavy atom. The normalized spacial score (nSPS) is 9.64. The van der Waals surface area contributed by atoms with Crippen molar-refractivity contribution in [1.82, 2.24) is 4.98 Å². The van der Waals surface area contributed by atoms with Crippen molar-refractivity contribution >= 4 is 34.4 Å². The summed E-state index contributed by atoms with van der Waals surface area (Å²) in [6, 6.07) is 2.81. The number of rotatable bonds is 1. The molecule has 0 bridgehead atoms. The minimum absolute atomic E-state index is 0.185. The van der Waals surface area contributed by atoms with Gasteiger partial charge in [0.2, 0.25) is 4.60 Å². The van der Waals surface area contributed by atoms with Crippen LogP contribution in [-0.2, 0) is 0 Å². The van der Waals surface area contributed by atoms with Crippen LogP contribution in [0, 0.1) is 10.1 Å². The zero-order valence-corrected chi connectivity index (χ0v) is 7.67. The van der Waals surface area contributed by atoms with E-state index in [9.17, 15) is 10.1 Å². The van der Waals surface area contributed by atoms with Gasteiger partial charge in [-0.2, -0.15) is 0 Å². The van der Waals surface area contributed by atoms with Gasteiger partial charge in [0.1, 0.15) is 0 Å². The third-order valence-electron chi connectivity index (χ3n) is 1.00. The molecule has 11 heavy (non-hydrogen) atoms. The van der Waals surface area contributed by atoms with Crippen molar-refractivity contribution < 1.29 is 4.92 Å². The molecule has 0 aliphatic carbocycles. The minimum Gasteiger partial charge on any atom is -0.358 e. The molecule has 6 heteroatoms. The highest BCUT2D eigenvalue weighted by Gasteiger charge is 2.09. The van der Waals surface area contributed by atoms with Gasteiger partial charge in [-0.1, -0.05) is 0 Å². The van der Waals surface area contributed by atoms with Crippen LogP contribution in [-0.4, -0.2) is 9.91 Å². The Morgan fingerprint density at radius 1 is 1.64 bits per heavy atom. The lowest BCUT2D eigenvalue weighted by Gasteiger charge is -1.92. The zero-order valence-electron chi connectivity index (χ0n) is 5.19. The van der Waals surface area contributed by atoms with Gasteiger partial charge in [-0.3, -0.25) is 0 Å². The van der Waals surface area contributed by atoms with Crippen LogP contribution < -0.4 is 0 Å². The maximum Gasteiger partial charge on any atom is 0.364 e. The molecule has 0 spiro atoms. The molecular weight excluding hydrogens is 232 g/mol. The smallest absolute Gasteiger partial charge is 0.358 e. The zero-order chi connectivity index (χ0) is 8.43. The fourth-order valence-electron chi connectivity index (χ4n) is 0.519. The first-order valence-corrected chi connectivity index (χ1v) is 3.85. The number of halogens is 1. The number of hydrogen-bond donors (Lipinski definition) is 1. The summed E-state index contributed by atoms with van der Waals surface area (Å²) in [5.41, 5.74) is 0. The molecule has 1 aromatic heterocycles. The van der Waals surface area contributed by atoms with E-state index in [2.05, 4.69) is 33.5 Å². The molecule has 0 fully saturated rings. The van der Waals surface area contributed by atoms with E-state index in [4.69, 9.17) is 0 Å². The van der Waals surface area contributed by atoms with Gasteiger partial charge < -0.3 is 10.1 Å². The summed E-state index contributed by atoms with van der Waals surface area (Å²) in [5.74, 6) is -0.185. The van der Waals surface area contributed by atoms with E-state index >= 15 is 0 Å². The minimum atomic E-state index is -0.558. The molecule has 0 unspecified atom stereocenters. The SMILES string of the molecule is O=[N+]([O-])c1ccc(S)c(Br)n1. The molecule has 0 atom stereocenters. The standard InChI is InChI=1S/C5H3BrN2O2S/c6-5-3(11)1-2-4(7-5)8(9)10/h1-2,11H. The van der Waals surface area contributed by atoms with Gasteiger partial charge in [0.15, 0.2) is 0 Å². The summed E-state index contributed by atoms with van der Waals surface area (Å²) in [5, 5.41) is 10.2. The van der Waals surface area contributed by atoms with Crippen LogP contribution in [0.2, 0.25) is 0 Å². The van der Waals surface area contributed by atoms with E-state index in [1.165, 1.54) is 12.1 Å². The van der Waals surface area contributed by atoms with Gasteiger partial charge in [-0.15, -0.1) is 12.6 Å². The lowest BCUT2D eigenvalue weighted by molar-refractivity contribution is -0.389. The van der Waals surface area contributed by atoms with Gasteiger partial charge in [-0.25, -0.2) is 0 Å². The average molecular weight is 235 g/mol. The van der Waals surface area contributed by atoms with Crippen LogP contribution in [0.4, 0.5) is 5.82 Å². The second-order valence-electron chi connectivity index (χ2n) is 1.74. The Balaban J connectivity index is 3.15. The molecule has 1 heterocycles. The topological polar surface area (TPSA) is 56.0 Å². The van der Waals surface area contributed by atoms with Crippen LogP contribution in [0.5, 0.6) is 0 Å². The van der Waals surface area contributed by atoms with Crippen molar-refractivity contribution in [3.8, 4) is 0 Å². The summed E-state index contributed by atoms with van der Waals surface area (Å²) < 4.78 is 0.384. The van der Waals surface area contributed by atoms with E-state index in [-0.39, 0.29) is 5.82 Å². The van der Waals surface area contributed by atoms with E-state index in [0.29, 0.717) is 9.50 Å². The van der Waals surface area contributed by atoms with Crippen LogP contribution in [0.1, 0.15) is 0 Å². The van der Waals surface area contributed by atoms with Crippen molar-refractivity contribution in [2.24, 2.45) is 0 Å². The average Bonchev–Trinajstić information content (AvgIpc) is 1.94. The molecule has 0 saturated carbocycles. The predicted molar refractivity (Wildman–Crippen MR) is 45.8 cm³/mol. The molecule has 1 aromatic rings. The third-order valence-corrected chi connectivity index (χ3v) is 2.27. The molecule has 0 radical (unpaired) electrons. The first-order valence-electron chi connectivity index (χ1n) is 2.61. The molecule has 58 valence electrons. The fraction of sp³-hybridized carbons (Fsp3) is 0. The second kappa shape index (κ2) is 3.19.